The molecule has 9 nitrogen and oxygen atoms in total. The van der Waals surface area contributed by atoms with Gasteiger partial charge in [-0.2, -0.15) is 0 Å². The molecule has 0 radical (unpaired) electrons. The summed E-state index contributed by atoms with van der Waals surface area (Å²) in [5.41, 5.74) is 0.377. The molecule has 0 fully saturated rings. The normalized spacial score (nSPS) is 16.0. The Hall–Kier alpha value is -3.62. The minimum Gasteiger partial charge on any atom is -0.449 e. The van der Waals surface area contributed by atoms with E-state index in [0.29, 0.717) is 11.4 Å². The zero-order valence-electron chi connectivity index (χ0n) is 13.0. The fourth-order valence-corrected chi connectivity index (χ4v) is 2.92. The third-order valence-electron chi connectivity index (χ3n) is 3.88. The lowest BCUT2D eigenvalue weighted by Crippen LogP contribution is -2.28. The van der Waals surface area contributed by atoms with E-state index >= 15 is 0 Å². The van der Waals surface area contributed by atoms with Crippen LogP contribution in [0.25, 0.3) is 0 Å². The van der Waals surface area contributed by atoms with Crippen LogP contribution in [0.15, 0.2) is 52.8 Å². The standard InChI is InChI=1S/C16H13N3O6/c1-8-14(25-16(21)22)12(9-4-2-3-5-11(9)19(23)24)13-10(18-8)6-7-17-15(13)20/h2-7,12,18H,1H3,(H,17,20)(H,21,22). The first-order chi connectivity index (χ1) is 11.9. The molecule has 0 spiro atoms. The van der Waals surface area contributed by atoms with Crippen molar-refractivity contribution in [3.05, 3.63) is 79.6 Å². The van der Waals surface area contributed by atoms with Crippen molar-refractivity contribution in [2.24, 2.45) is 0 Å². The van der Waals surface area contributed by atoms with Crippen LogP contribution in [-0.2, 0) is 4.74 Å². The molecular formula is C16H13N3O6. The number of aromatic nitrogens is 1. The predicted molar refractivity (Wildman–Crippen MR) is 87.4 cm³/mol. The van der Waals surface area contributed by atoms with Gasteiger partial charge < -0.3 is 20.1 Å². The molecule has 1 aromatic heterocycles. The summed E-state index contributed by atoms with van der Waals surface area (Å²) in [4.78, 5) is 36.8. The van der Waals surface area contributed by atoms with E-state index < -0.39 is 22.6 Å². The molecule has 1 atom stereocenters. The number of nitrogens with one attached hydrogen (secondary N) is 2. The molecule has 0 aliphatic carbocycles. The van der Waals surface area contributed by atoms with Crippen LogP contribution in [0.4, 0.5) is 16.2 Å². The molecule has 2 heterocycles. The number of nitro benzene ring substituents is 1. The molecule has 0 amide bonds. The van der Waals surface area contributed by atoms with Crippen LogP contribution in [0.3, 0.4) is 0 Å². The Morgan fingerprint density at radius 2 is 2.04 bits per heavy atom. The summed E-state index contributed by atoms with van der Waals surface area (Å²) in [6.07, 6.45) is -0.142. The Balaban J connectivity index is 2.32. The fraction of sp³-hybridized carbons (Fsp3) is 0.125. The first-order valence-electron chi connectivity index (χ1n) is 7.23. The summed E-state index contributed by atoms with van der Waals surface area (Å²) in [6, 6.07) is 7.44. The SMILES string of the molecule is CC1=C(OC(=O)O)C(c2ccccc2[N+](=O)[O-])c2c(cc[nH]c2=O)N1. The molecule has 1 unspecified atom stereocenters. The van der Waals surface area contributed by atoms with Gasteiger partial charge in [0.1, 0.15) is 5.76 Å². The summed E-state index contributed by atoms with van der Waals surface area (Å²) in [7, 11) is 0. The molecule has 2 aromatic rings. The zero-order valence-corrected chi connectivity index (χ0v) is 13.0. The van der Waals surface area contributed by atoms with Crippen LogP contribution in [0.5, 0.6) is 0 Å². The number of benzene rings is 1. The highest BCUT2D eigenvalue weighted by molar-refractivity contribution is 5.68. The second-order valence-corrected chi connectivity index (χ2v) is 5.37. The second-order valence-electron chi connectivity index (χ2n) is 5.37. The lowest BCUT2D eigenvalue weighted by molar-refractivity contribution is -0.385. The molecule has 128 valence electrons. The zero-order chi connectivity index (χ0) is 18.1. The minimum absolute atomic E-state index is 0.0778. The van der Waals surface area contributed by atoms with Gasteiger partial charge in [-0.3, -0.25) is 14.9 Å². The molecule has 0 saturated heterocycles. The smallest absolute Gasteiger partial charge is 0.449 e. The largest absolute Gasteiger partial charge is 0.511 e. The van der Waals surface area contributed by atoms with E-state index in [9.17, 15) is 19.7 Å². The predicted octanol–water partition coefficient (Wildman–Crippen LogP) is 2.77. The van der Waals surface area contributed by atoms with Gasteiger partial charge in [0.15, 0.2) is 0 Å². The van der Waals surface area contributed by atoms with Crippen molar-refractivity contribution < 1.29 is 19.6 Å². The van der Waals surface area contributed by atoms with Crippen LogP contribution in [0.1, 0.15) is 24.0 Å². The van der Waals surface area contributed by atoms with Crippen LogP contribution < -0.4 is 10.9 Å². The molecule has 1 aromatic carbocycles. The number of H-pyrrole nitrogens is 1. The van der Waals surface area contributed by atoms with Crippen molar-refractivity contribution in [2.45, 2.75) is 12.8 Å². The number of hydrogen-bond acceptors (Lipinski definition) is 6. The average Bonchev–Trinajstić information content (AvgIpc) is 2.55. The van der Waals surface area contributed by atoms with Crippen LogP contribution in [0.2, 0.25) is 0 Å². The number of anilines is 1. The highest BCUT2D eigenvalue weighted by Crippen LogP contribution is 2.43. The lowest BCUT2D eigenvalue weighted by atomic mass is 9.85. The molecular weight excluding hydrogens is 330 g/mol. The maximum atomic E-state index is 12.4. The van der Waals surface area contributed by atoms with E-state index in [2.05, 4.69) is 10.3 Å². The lowest BCUT2D eigenvalue weighted by Gasteiger charge is -2.28. The van der Waals surface area contributed by atoms with E-state index in [0.717, 1.165) is 0 Å². The van der Waals surface area contributed by atoms with E-state index in [1.165, 1.54) is 24.4 Å². The van der Waals surface area contributed by atoms with Crippen LogP contribution in [0, 0.1) is 10.1 Å². The number of rotatable bonds is 3. The Labute approximate surface area is 140 Å². The molecule has 0 saturated carbocycles. The van der Waals surface area contributed by atoms with Crippen molar-refractivity contribution in [1.29, 1.82) is 0 Å². The first-order valence-corrected chi connectivity index (χ1v) is 7.23. The number of nitro groups is 1. The summed E-state index contributed by atoms with van der Waals surface area (Å²) in [5, 5.41) is 23.3. The number of allylic oxidation sites excluding steroid dienone is 2. The number of carboxylic acid groups (broad SMARTS) is 1. The van der Waals surface area contributed by atoms with Gasteiger partial charge in [0.2, 0.25) is 0 Å². The maximum absolute atomic E-state index is 12.4. The molecule has 0 bridgehead atoms. The summed E-state index contributed by atoms with van der Waals surface area (Å²) in [5.74, 6) is -1.11. The van der Waals surface area contributed by atoms with Gasteiger partial charge in [0.25, 0.3) is 11.2 Å². The maximum Gasteiger partial charge on any atom is 0.511 e. The van der Waals surface area contributed by atoms with Gasteiger partial charge in [-0.15, -0.1) is 0 Å². The number of nitrogens with zero attached hydrogens (tertiary/aromatic N) is 1. The Bertz CT molecular complexity index is 962. The fourth-order valence-electron chi connectivity index (χ4n) is 2.92. The van der Waals surface area contributed by atoms with E-state index in [-0.39, 0.29) is 22.6 Å². The van der Waals surface area contributed by atoms with Crippen LogP contribution in [-0.4, -0.2) is 21.2 Å². The molecule has 9 heteroatoms. The average molecular weight is 343 g/mol. The van der Waals surface area contributed by atoms with E-state index in [1.54, 1.807) is 19.1 Å². The number of pyridine rings is 1. The summed E-state index contributed by atoms with van der Waals surface area (Å²) >= 11 is 0. The van der Waals surface area contributed by atoms with Crippen molar-refractivity contribution >= 4 is 17.5 Å². The summed E-state index contributed by atoms with van der Waals surface area (Å²) in [6.45, 7) is 1.57. The van der Waals surface area contributed by atoms with Crippen molar-refractivity contribution in [3.8, 4) is 0 Å². The quantitative estimate of drug-likeness (QED) is 0.443. The highest BCUT2D eigenvalue weighted by atomic mass is 16.7. The Kier molecular flexibility index (Phi) is 3.97. The molecule has 1 aliphatic rings. The van der Waals surface area contributed by atoms with Crippen molar-refractivity contribution in [2.75, 3.05) is 5.32 Å². The van der Waals surface area contributed by atoms with Crippen molar-refractivity contribution in [1.82, 2.24) is 4.98 Å². The first kappa shape index (κ1) is 16.2. The number of hydrogen-bond donors (Lipinski definition) is 3. The topological polar surface area (TPSA) is 135 Å². The number of carbonyl (C=O) groups is 1. The number of aromatic amines is 1. The minimum atomic E-state index is -1.57. The Morgan fingerprint density at radius 3 is 2.72 bits per heavy atom. The van der Waals surface area contributed by atoms with Crippen LogP contribution >= 0.6 is 0 Å². The van der Waals surface area contributed by atoms with Gasteiger partial charge in [-0.25, -0.2) is 4.79 Å². The van der Waals surface area contributed by atoms with E-state index in [1.807, 2.05) is 0 Å². The monoisotopic (exact) mass is 343 g/mol. The summed E-state index contributed by atoms with van der Waals surface area (Å²) < 4.78 is 4.88. The van der Waals surface area contributed by atoms with Gasteiger partial charge in [0, 0.05) is 23.5 Å². The number of ether oxygens (including phenoxy) is 1. The second kappa shape index (κ2) is 6.11. The van der Waals surface area contributed by atoms with Gasteiger partial charge in [0.05, 0.1) is 22.1 Å². The number of para-hydroxylation sites is 1. The van der Waals surface area contributed by atoms with E-state index in [4.69, 9.17) is 9.84 Å². The molecule has 25 heavy (non-hydrogen) atoms. The molecule has 1 aliphatic heterocycles. The highest BCUT2D eigenvalue weighted by Gasteiger charge is 2.36. The van der Waals surface area contributed by atoms with Gasteiger partial charge in [-0.05, 0) is 13.0 Å². The van der Waals surface area contributed by atoms with Crippen molar-refractivity contribution in [3.63, 3.8) is 0 Å². The Morgan fingerprint density at radius 1 is 1.32 bits per heavy atom. The third-order valence-corrected chi connectivity index (χ3v) is 3.88. The number of fused-ring (bicyclic) bond motifs is 1. The third kappa shape index (κ3) is 2.82. The molecule has 3 N–H and O–H groups in total. The van der Waals surface area contributed by atoms with Gasteiger partial charge in [-0.1, -0.05) is 18.2 Å². The van der Waals surface area contributed by atoms with Gasteiger partial charge >= 0.3 is 6.16 Å². The molecule has 3 rings (SSSR count).